The molecule has 2 rings (SSSR count). The van der Waals surface area contributed by atoms with E-state index in [-0.39, 0.29) is 5.91 Å². The van der Waals surface area contributed by atoms with E-state index in [1.54, 1.807) is 6.08 Å². The zero-order chi connectivity index (χ0) is 15.1. The molecule has 21 heavy (non-hydrogen) atoms. The molecule has 0 aliphatic rings. The second-order valence-electron chi connectivity index (χ2n) is 4.48. The molecule has 110 valence electrons. The van der Waals surface area contributed by atoms with E-state index in [1.807, 2.05) is 41.8 Å². The van der Waals surface area contributed by atoms with Gasteiger partial charge in [0.05, 0.1) is 5.75 Å². The molecule has 0 spiro atoms. The number of carbonyl (C=O) groups excluding carboxylic acids is 1. The number of hydrogen-bond donors (Lipinski definition) is 1. The highest BCUT2D eigenvalue weighted by molar-refractivity contribution is 7.99. The normalized spacial score (nSPS) is 10.3. The number of thioether (sulfide) groups is 1. The molecule has 5 nitrogen and oxygen atoms in total. The molecule has 1 N–H and O–H groups in total. The lowest BCUT2D eigenvalue weighted by molar-refractivity contribution is -0.118. The van der Waals surface area contributed by atoms with Gasteiger partial charge in [-0.2, -0.15) is 0 Å². The van der Waals surface area contributed by atoms with E-state index in [0.29, 0.717) is 18.8 Å². The summed E-state index contributed by atoms with van der Waals surface area (Å²) in [5.41, 5.74) is 1.08. The van der Waals surface area contributed by atoms with Crippen LogP contribution < -0.4 is 5.32 Å². The van der Waals surface area contributed by atoms with Crippen molar-refractivity contribution in [1.29, 1.82) is 0 Å². The van der Waals surface area contributed by atoms with Crippen LogP contribution in [-0.2, 0) is 17.9 Å². The first-order chi connectivity index (χ1) is 10.2. The number of aryl methyl sites for hydroxylation is 1. The lowest BCUT2D eigenvalue weighted by Gasteiger charge is -2.06. The summed E-state index contributed by atoms with van der Waals surface area (Å²) in [5.74, 6) is 1.12. The Kier molecular flexibility index (Phi) is 5.57. The minimum atomic E-state index is -0.0188. The molecule has 0 unspecified atom stereocenters. The van der Waals surface area contributed by atoms with Gasteiger partial charge in [0.25, 0.3) is 0 Å². The Hall–Kier alpha value is -2.08. The SMILES string of the molecule is C=CCn1c(C)nnc1SCC(=O)NCc1ccccc1. The lowest BCUT2D eigenvalue weighted by atomic mass is 10.2. The van der Waals surface area contributed by atoms with Crippen LogP contribution in [0.4, 0.5) is 0 Å². The van der Waals surface area contributed by atoms with Gasteiger partial charge in [-0.05, 0) is 12.5 Å². The molecule has 0 aliphatic carbocycles. The van der Waals surface area contributed by atoms with Crippen molar-refractivity contribution in [2.24, 2.45) is 0 Å². The van der Waals surface area contributed by atoms with E-state index < -0.39 is 0 Å². The summed E-state index contributed by atoms with van der Waals surface area (Å²) >= 11 is 1.38. The maximum absolute atomic E-state index is 11.9. The van der Waals surface area contributed by atoms with Crippen LogP contribution in [0.3, 0.4) is 0 Å². The molecule has 0 saturated heterocycles. The Bertz CT molecular complexity index is 609. The third-order valence-corrected chi connectivity index (χ3v) is 3.85. The molecule has 1 amide bonds. The van der Waals surface area contributed by atoms with Gasteiger partial charge in [-0.25, -0.2) is 0 Å². The standard InChI is InChI=1S/C15H18N4OS/c1-3-9-19-12(2)17-18-15(19)21-11-14(20)16-10-13-7-5-4-6-8-13/h3-8H,1,9-11H2,2H3,(H,16,20). The molecular weight excluding hydrogens is 284 g/mol. The number of nitrogens with one attached hydrogen (secondary N) is 1. The Morgan fingerprint density at radius 1 is 1.38 bits per heavy atom. The quantitative estimate of drug-likeness (QED) is 0.629. The molecule has 2 aromatic rings. The summed E-state index contributed by atoms with van der Waals surface area (Å²) in [6.07, 6.45) is 1.79. The Balaban J connectivity index is 1.83. The van der Waals surface area contributed by atoms with Gasteiger partial charge in [-0.3, -0.25) is 4.79 Å². The first kappa shape index (κ1) is 15.3. The van der Waals surface area contributed by atoms with Crippen LogP contribution >= 0.6 is 11.8 Å². The average molecular weight is 302 g/mol. The Morgan fingerprint density at radius 3 is 2.86 bits per heavy atom. The van der Waals surface area contributed by atoms with Crippen molar-refractivity contribution in [3.63, 3.8) is 0 Å². The summed E-state index contributed by atoms with van der Waals surface area (Å²) in [7, 11) is 0. The van der Waals surface area contributed by atoms with Gasteiger partial charge in [-0.15, -0.1) is 16.8 Å². The highest BCUT2D eigenvalue weighted by atomic mass is 32.2. The minimum absolute atomic E-state index is 0.0188. The Labute approximate surface area is 128 Å². The van der Waals surface area contributed by atoms with Gasteiger partial charge in [0.15, 0.2) is 5.16 Å². The predicted octanol–water partition coefficient (Wildman–Crippen LogP) is 2.18. The van der Waals surface area contributed by atoms with Crippen LogP contribution in [0.15, 0.2) is 48.1 Å². The van der Waals surface area contributed by atoms with Gasteiger partial charge >= 0.3 is 0 Å². The number of carbonyl (C=O) groups is 1. The molecule has 0 aliphatic heterocycles. The summed E-state index contributed by atoms with van der Waals surface area (Å²) in [4.78, 5) is 11.9. The number of rotatable bonds is 7. The van der Waals surface area contributed by atoms with Gasteiger partial charge in [0.2, 0.25) is 5.91 Å². The zero-order valence-corrected chi connectivity index (χ0v) is 12.8. The summed E-state index contributed by atoms with van der Waals surface area (Å²) in [6, 6.07) is 9.83. The molecule has 0 saturated carbocycles. The van der Waals surface area contributed by atoms with Gasteiger partial charge in [0.1, 0.15) is 5.82 Å². The number of nitrogens with zero attached hydrogens (tertiary/aromatic N) is 3. The van der Waals surface area contributed by atoms with Crippen molar-refractivity contribution >= 4 is 17.7 Å². The van der Waals surface area contributed by atoms with Gasteiger partial charge < -0.3 is 9.88 Å². The molecule has 1 heterocycles. The minimum Gasteiger partial charge on any atom is -0.351 e. The molecule has 1 aromatic heterocycles. The smallest absolute Gasteiger partial charge is 0.230 e. The van der Waals surface area contributed by atoms with E-state index in [0.717, 1.165) is 16.5 Å². The molecule has 0 bridgehead atoms. The number of aromatic nitrogens is 3. The fraction of sp³-hybridized carbons (Fsp3) is 0.267. The first-order valence-corrected chi connectivity index (χ1v) is 7.63. The summed E-state index contributed by atoms with van der Waals surface area (Å²) in [6.45, 7) is 6.78. The van der Waals surface area contributed by atoms with Gasteiger partial charge in [0, 0.05) is 13.1 Å². The topological polar surface area (TPSA) is 59.8 Å². The fourth-order valence-electron chi connectivity index (χ4n) is 1.79. The average Bonchev–Trinajstić information content (AvgIpc) is 2.85. The van der Waals surface area contributed by atoms with Crippen molar-refractivity contribution < 1.29 is 4.79 Å². The van der Waals surface area contributed by atoms with Gasteiger partial charge in [-0.1, -0.05) is 48.2 Å². The second kappa shape index (κ2) is 7.64. The van der Waals surface area contributed by atoms with Crippen LogP contribution in [0, 0.1) is 6.92 Å². The van der Waals surface area contributed by atoms with Crippen molar-refractivity contribution in [3.8, 4) is 0 Å². The maximum Gasteiger partial charge on any atom is 0.230 e. The third-order valence-electron chi connectivity index (χ3n) is 2.88. The molecule has 6 heteroatoms. The number of amides is 1. The lowest BCUT2D eigenvalue weighted by Crippen LogP contribution is -2.24. The maximum atomic E-state index is 11.9. The van der Waals surface area contributed by atoms with E-state index in [2.05, 4.69) is 22.1 Å². The Morgan fingerprint density at radius 2 is 2.14 bits per heavy atom. The third kappa shape index (κ3) is 4.46. The number of allylic oxidation sites excluding steroid dienone is 1. The van der Waals surface area contributed by atoms with E-state index in [9.17, 15) is 4.79 Å². The highest BCUT2D eigenvalue weighted by Gasteiger charge is 2.10. The number of hydrogen-bond acceptors (Lipinski definition) is 4. The van der Waals surface area contributed by atoms with Crippen LogP contribution in [0.2, 0.25) is 0 Å². The van der Waals surface area contributed by atoms with Crippen molar-refractivity contribution in [3.05, 3.63) is 54.4 Å². The van der Waals surface area contributed by atoms with Crippen LogP contribution in [0.5, 0.6) is 0 Å². The van der Waals surface area contributed by atoms with Crippen molar-refractivity contribution in [1.82, 2.24) is 20.1 Å². The van der Waals surface area contributed by atoms with Crippen molar-refractivity contribution in [2.45, 2.75) is 25.2 Å². The van der Waals surface area contributed by atoms with E-state index >= 15 is 0 Å². The predicted molar refractivity (Wildman–Crippen MR) is 84.0 cm³/mol. The fourth-order valence-corrected chi connectivity index (χ4v) is 2.61. The highest BCUT2D eigenvalue weighted by Crippen LogP contribution is 2.16. The van der Waals surface area contributed by atoms with Crippen LogP contribution in [0.25, 0.3) is 0 Å². The van der Waals surface area contributed by atoms with Crippen molar-refractivity contribution in [2.75, 3.05) is 5.75 Å². The van der Waals surface area contributed by atoms with E-state index in [1.165, 1.54) is 11.8 Å². The molecule has 1 aromatic carbocycles. The molecule has 0 atom stereocenters. The first-order valence-electron chi connectivity index (χ1n) is 6.65. The largest absolute Gasteiger partial charge is 0.351 e. The molecule has 0 radical (unpaired) electrons. The van der Waals surface area contributed by atoms with E-state index in [4.69, 9.17) is 0 Å². The molecule has 0 fully saturated rings. The summed E-state index contributed by atoms with van der Waals surface area (Å²) < 4.78 is 1.93. The number of benzene rings is 1. The molecular formula is C15H18N4OS. The monoisotopic (exact) mass is 302 g/mol. The summed E-state index contributed by atoms with van der Waals surface area (Å²) in [5, 5.41) is 11.7. The van der Waals surface area contributed by atoms with Crippen LogP contribution in [-0.4, -0.2) is 26.4 Å². The van der Waals surface area contributed by atoms with Crippen LogP contribution in [0.1, 0.15) is 11.4 Å². The second-order valence-corrected chi connectivity index (χ2v) is 5.42. The zero-order valence-electron chi connectivity index (χ0n) is 12.0.